The van der Waals surface area contributed by atoms with Gasteiger partial charge in [-0.3, -0.25) is 4.68 Å². The Balaban J connectivity index is 1.66. The lowest BCUT2D eigenvalue weighted by Gasteiger charge is -2.09. The van der Waals surface area contributed by atoms with Crippen LogP contribution < -0.4 is 11.1 Å². The Morgan fingerprint density at radius 2 is 1.84 bits per heavy atom. The van der Waals surface area contributed by atoms with Gasteiger partial charge in [0.25, 0.3) is 0 Å². The van der Waals surface area contributed by atoms with Gasteiger partial charge in [0.1, 0.15) is 0 Å². The molecule has 0 unspecified atom stereocenters. The van der Waals surface area contributed by atoms with Crippen molar-refractivity contribution in [2.45, 2.75) is 26.4 Å². The van der Waals surface area contributed by atoms with Crippen LogP contribution in [0.4, 0.5) is 5.69 Å². The lowest BCUT2D eigenvalue weighted by atomic mass is 10.1. The molecule has 0 amide bonds. The average molecular weight is 333 g/mol. The van der Waals surface area contributed by atoms with E-state index < -0.39 is 0 Å². The third kappa shape index (κ3) is 4.70. The minimum atomic E-state index is 0.415. The fraction of sp³-hybridized carbons (Fsp3) is 0.200. The Kier molecular flexibility index (Phi) is 5.46. The van der Waals surface area contributed by atoms with Crippen molar-refractivity contribution < 1.29 is 0 Å². The van der Waals surface area contributed by atoms with Crippen molar-refractivity contribution in [3.63, 3.8) is 0 Å². The molecule has 0 radical (unpaired) electrons. The number of nitrogens with zero attached hydrogens (tertiary/aromatic N) is 3. The van der Waals surface area contributed by atoms with E-state index in [1.165, 1.54) is 11.1 Å². The number of nitrogens with one attached hydrogen (secondary N) is 1. The van der Waals surface area contributed by atoms with Gasteiger partial charge in [0.05, 0.1) is 13.1 Å². The molecule has 0 aliphatic carbocycles. The Morgan fingerprint density at radius 3 is 2.52 bits per heavy atom. The van der Waals surface area contributed by atoms with Gasteiger partial charge in [-0.2, -0.15) is 5.10 Å². The first-order valence-corrected chi connectivity index (χ1v) is 8.44. The van der Waals surface area contributed by atoms with E-state index in [4.69, 9.17) is 5.73 Å². The quantitative estimate of drug-likeness (QED) is 0.536. The molecule has 5 nitrogen and oxygen atoms in total. The molecule has 0 aliphatic heterocycles. The van der Waals surface area contributed by atoms with Gasteiger partial charge in [0, 0.05) is 18.1 Å². The van der Waals surface area contributed by atoms with Crippen molar-refractivity contribution in [2.75, 3.05) is 5.32 Å². The number of nitrogens with two attached hydrogens (primary N) is 1. The molecule has 128 valence electrons. The molecular formula is C20H23N5. The molecule has 3 aromatic rings. The molecule has 1 heterocycles. The van der Waals surface area contributed by atoms with Gasteiger partial charge in [-0.1, -0.05) is 43.3 Å². The van der Waals surface area contributed by atoms with Crippen LogP contribution in [0.15, 0.2) is 72.0 Å². The van der Waals surface area contributed by atoms with Crippen molar-refractivity contribution in [2.24, 2.45) is 10.7 Å². The average Bonchev–Trinajstić information content (AvgIpc) is 3.15. The first-order chi connectivity index (χ1) is 12.2. The molecule has 3 rings (SSSR count). The Hall–Kier alpha value is -3.08. The second-order valence-corrected chi connectivity index (χ2v) is 5.85. The molecule has 0 saturated heterocycles. The van der Waals surface area contributed by atoms with E-state index in [1.807, 2.05) is 41.2 Å². The summed E-state index contributed by atoms with van der Waals surface area (Å²) in [5.74, 6) is 0.415. The minimum Gasteiger partial charge on any atom is -0.370 e. The van der Waals surface area contributed by atoms with Crippen molar-refractivity contribution in [3.8, 4) is 0 Å². The van der Waals surface area contributed by atoms with Crippen LogP contribution in [0.5, 0.6) is 0 Å². The van der Waals surface area contributed by atoms with Crippen LogP contribution in [-0.2, 0) is 19.5 Å². The number of benzene rings is 2. The predicted octanol–water partition coefficient (Wildman–Crippen LogP) is 3.42. The summed E-state index contributed by atoms with van der Waals surface area (Å²) in [5.41, 5.74) is 10.6. The molecule has 5 heteroatoms. The first-order valence-electron chi connectivity index (χ1n) is 8.44. The predicted molar refractivity (Wildman–Crippen MR) is 103 cm³/mol. The molecule has 0 saturated carbocycles. The third-order valence-corrected chi connectivity index (χ3v) is 4.06. The summed E-state index contributed by atoms with van der Waals surface area (Å²) in [6.07, 6.45) is 4.76. The van der Waals surface area contributed by atoms with E-state index in [9.17, 15) is 0 Å². The van der Waals surface area contributed by atoms with Crippen molar-refractivity contribution in [1.82, 2.24) is 9.78 Å². The van der Waals surface area contributed by atoms with Gasteiger partial charge in [-0.25, -0.2) is 4.99 Å². The molecule has 0 bridgehead atoms. The molecular weight excluding hydrogens is 310 g/mol. The van der Waals surface area contributed by atoms with Gasteiger partial charge in [0.15, 0.2) is 5.96 Å². The molecule has 0 atom stereocenters. The molecule has 0 spiro atoms. The highest BCUT2D eigenvalue weighted by molar-refractivity contribution is 5.92. The Bertz CT molecular complexity index is 820. The fourth-order valence-corrected chi connectivity index (χ4v) is 2.62. The van der Waals surface area contributed by atoms with E-state index in [2.05, 4.69) is 46.6 Å². The monoisotopic (exact) mass is 333 g/mol. The summed E-state index contributed by atoms with van der Waals surface area (Å²) < 4.78 is 1.90. The SMILES string of the molecule is CCc1ccc(NC(N)=NCc2ccccc2Cn2cccn2)cc1. The molecule has 0 fully saturated rings. The van der Waals surface area contributed by atoms with Crippen molar-refractivity contribution in [3.05, 3.63) is 83.7 Å². The number of aryl methyl sites for hydroxylation is 1. The number of anilines is 1. The molecule has 25 heavy (non-hydrogen) atoms. The molecule has 3 N–H and O–H groups in total. The van der Waals surface area contributed by atoms with Crippen LogP contribution in [-0.4, -0.2) is 15.7 Å². The minimum absolute atomic E-state index is 0.415. The van der Waals surface area contributed by atoms with Crippen LogP contribution in [0.25, 0.3) is 0 Å². The standard InChI is InChI=1S/C20H23N5/c1-2-16-8-10-19(11-9-16)24-20(21)22-14-17-6-3-4-7-18(17)15-25-13-5-12-23-25/h3-13H,2,14-15H2,1H3,(H3,21,22,24). The number of hydrogen-bond acceptors (Lipinski definition) is 2. The largest absolute Gasteiger partial charge is 0.370 e. The zero-order valence-corrected chi connectivity index (χ0v) is 14.4. The highest BCUT2D eigenvalue weighted by Crippen LogP contribution is 2.13. The molecule has 1 aromatic heterocycles. The summed E-state index contributed by atoms with van der Waals surface area (Å²) in [7, 11) is 0. The van der Waals surface area contributed by atoms with Crippen LogP contribution >= 0.6 is 0 Å². The topological polar surface area (TPSA) is 68.2 Å². The number of hydrogen-bond donors (Lipinski definition) is 2. The molecule has 0 aliphatic rings. The summed E-state index contributed by atoms with van der Waals surface area (Å²) in [6, 6.07) is 18.4. The summed E-state index contributed by atoms with van der Waals surface area (Å²) in [5, 5.41) is 7.40. The van der Waals surface area contributed by atoms with Crippen LogP contribution in [0.2, 0.25) is 0 Å². The third-order valence-electron chi connectivity index (χ3n) is 4.06. The second kappa shape index (κ2) is 8.15. The summed E-state index contributed by atoms with van der Waals surface area (Å²) >= 11 is 0. The highest BCUT2D eigenvalue weighted by Gasteiger charge is 2.03. The first kappa shape index (κ1) is 16.8. The van der Waals surface area contributed by atoms with Crippen molar-refractivity contribution in [1.29, 1.82) is 0 Å². The van der Waals surface area contributed by atoms with Gasteiger partial charge >= 0.3 is 0 Å². The van der Waals surface area contributed by atoms with Gasteiger partial charge in [-0.05, 0) is 41.3 Å². The summed E-state index contributed by atoms with van der Waals surface area (Å²) in [6.45, 7) is 3.40. The fourth-order valence-electron chi connectivity index (χ4n) is 2.62. The van der Waals surface area contributed by atoms with Gasteiger partial charge < -0.3 is 11.1 Å². The molecule has 2 aromatic carbocycles. The maximum absolute atomic E-state index is 6.03. The maximum Gasteiger partial charge on any atom is 0.193 e. The van der Waals surface area contributed by atoms with E-state index in [0.717, 1.165) is 24.2 Å². The maximum atomic E-state index is 6.03. The van der Waals surface area contributed by atoms with E-state index in [1.54, 1.807) is 6.20 Å². The van der Waals surface area contributed by atoms with E-state index in [0.29, 0.717) is 12.5 Å². The number of aliphatic imine (C=N–C) groups is 1. The highest BCUT2D eigenvalue weighted by atomic mass is 15.3. The number of aromatic nitrogens is 2. The van der Waals surface area contributed by atoms with Crippen LogP contribution in [0, 0.1) is 0 Å². The zero-order valence-electron chi connectivity index (χ0n) is 14.4. The van der Waals surface area contributed by atoms with Crippen LogP contribution in [0.3, 0.4) is 0 Å². The van der Waals surface area contributed by atoms with Gasteiger partial charge in [-0.15, -0.1) is 0 Å². The van der Waals surface area contributed by atoms with Crippen LogP contribution in [0.1, 0.15) is 23.6 Å². The van der Waals surface area contributed by atoms with E-state index in [-0.39, 0.29) is 0 Å². The zero-order chi connectivity index (χ0) is 17.5. The second-order valence-electron chi connectivity index (χ2n) is 5.85. The number of rotatable bonds is 6. The summed E-state index contributed by atoms with van der Waals surface area (Å²) in [4.78, 5) is 4.48. The van der Waals surface area contributed by atoms with Gasteiger partial charge in [0.2, 0.25) is 0 Å². The van der Waals surface area contributed by atoms with E-state index >= 15 is 0 Å². The smallest absolute Gasteiger partial charge is 0.193 e. The van der Waals surface area contributed by atoms with Crippen molar-refractivity contribution >= 4 is 11.6 Å². The number of guanidine groups is 1. The lowest BCUT2D eigenvalue weighted by Crippen LogP contribution is -2.22. The Morgan fingerprint density at radius 1 is 1.08 bits per heavy atom. The Labute approximate surface area is 148 Å². The normalized spacial score (nSPS) is 11.5. The lowest BCUT2D eigenvalue weighted by molar-refractivity contribution is 0.681.